The van der Waals surface area contributed by atoms with E-state index in [9.17, 15) is 50.9 Å². The normalized spacial score (nSPS) is 10.3. The van der Waals surface area contributed by atoms with E-state index in [0.29, 0.717) is 0 Å². The lowest BCUT2D eigenvalue weighted by molar-refractivity contribution is 0.459. The van der Waals surface area contributed by atoms with Crippen LogP contribution in [0.25, 0.3) is 55.2 Å². The molecule has 0 fully saturated rings. The summed E-state index contributed by atoms with van der Waals surface area (Å²) in [6, 6.07) is 13.9. The maximum absolute atomic E-state index is 14.5. The van der Waals surface area contributed by atoms with Crippen LogP contribution in [0.2, 0.25) is 0 Å². The van der Waals surface area contributed by atoms with Gasteiger partial charge in [-0.15, -0.1) is 0 Å². The minimum Gasteiger partial charge on any atom is -0.241 e. The second-order valence-electron chi connectivity index (χ2n) is 8.63. The minimum atomic E-state index is -1.65. The molecule has 0 radical (unpaired) electrons. The number of rotatable bonds is 0. The summed E-state index contributed by atoms with van der Waals surface area (Å²) in [5.41, 5.74) is -7.13. The Morgan fingerprint density at radius 3 is 0.636 bits per heavy atom. The van der Waals surface area contributed by atoms with Gasteiger partial charge in [-0.05, 0) is 0 Å². The van der Waals surface area contributed by atoms with Crippen LogP contribution in [0, 0.1) is 103 Å². The Morgan fingerprint density at radius 2 is 0.455 bits per heavy atom. The van der Waals surface area contributed by atoms with Crippen molar-refractivity contribution >= 4 is 55.2 Å². The van der Waals surface area contributed by atoms with Crippen molar-refractivity contribution in [3.8, 4) is 48.6 Å². The molecule has 0 atom stereocenters. The molecule has 0 amide bonds. The third kappa shape index (κ3) is 3.17. The van der Waals surface area contributed by atoms with Crippen molar-refractivity contribution in [2.24, 2.45) is 0 Å². The molecular weight excluding hydrogens is 570 g/mol. The molecule has 6 rings (SSSR count). The summed E-state index contributed by atoms with van der Waals surface area (Å²) in [5, 5.41) is 78.3. The molecule has 6 aromatic rings. The van der Waals surface area contributed by atoms with E-state index >= 15 is 0 Å². The van der Waals surface area contributed by atoms with Crippen LogP contribution < -0.4 is 0 Å². The molecule has 3 aromatic carbocycles. The molecule has 0 saturated heterocycles. The molecule has 0 spiro atoms. The standard InChI is InChI=1S/C28F2N14/c29-27-28(30)44-26-24-22(40-18-14(6-36)10(2-32)12(4-34)16(8-38)20(18)42-24)21-23(25(26)43-27)41-19-15(7-37)11(3-33)9(1-31)13(5-35)17(19)39-21. The van der Waals surface area contributed by atoms with Crippen LogP contribution in [0.4, 0.5) is 8.78 Å². The predicted octanol–water partition coefficient (Wildman–Crippen LogP) is 3.07. The van der Waals surface area contributed by atoms with Gasteiger partial charge in [0.15, 0.2) is 0 Å². The largest absolute Gasteiger partial charge is 0.269 e. The first-order valence-corrected chi connectivity index (χ1v) is 11.6. The molecule has 0 saturated carbocycles. The molecule has 0 aliphatic rings. The Hall–Kier alpha value is -8.02. The van der Waals surface area contributed by atoms with Crippen LogP contribution >= 0.6 is 0 Å². The number of nitriles is 8. The van der Waals surface area contributed by atoms with Gasteiger partial charge < -0.3 is 0 Å². The number of nitrogens with zero attached hydrogens (tertiary/aromatic N) is 14. The Kier molecular flexibility index (Phi) is 5.53. The molecule has 44 heavy (non-hydrogen) atoms. The van der Waals surface area contributed by atoms with Gasteiger partial charge in [-0.1, -0.05) is 0 Å². The van der Waals surface area contributed by atoms with Crippen molar-refractivity contribution in [1.82, 2.24) is 29.9 Å². The van der Waals surface area contributed by atoms with E-state index in [1.54, 1.807) is 48.6 Å². The highest BCUT2D eigenvalue weighted by atomic mass is 19.2. The summed E-state index contributed by atoms with van der Waals surface area (Å²) in [6.45, 7) is 0. The summed E-state index contributed by atoms with van der Waals surface area (Å²) in [4.78, 5) is 24.7. The first-order chi connectivity index (χ1) is 21.3. The maximum atomic E-state index is 14.5. The summed E-state index contributed by atoms with van der Waals surface area (Å²) in [6.07, 6.45) is 0. The number of halogens is 2. The Morgan fingerprint density at radius 1 is 0.273 bits per heavy atom. The van der Waals surface area contributed by atoms with Crippen molar-refractivity contribution in [2.75, 3.05) is 0 Å². The second kappa shape index (κ2) is 9.28. The molecule has 3 aromatic heterocycles. The zero-order chi connectivity index (χ0) is 31.4. The van der Waals surface area contributed by atoms with E-state index in [2.05, 4.69) is 29.9 Å². The highest BCUT2D eigenvalue weighted by Crippen LogP contribution is 2.37. The number of fused-ring (bicyclic) bond motifs is 8. The van der Waals surface area contributed by atoms with Crippen molar-refractivity contribution in [3.05, 3.63) is 56.4 Å². The quantitative estimate of drug-likeness (QED) is 0.187. The lowest BCUT2D eigenvalue weighted by Crippen LogP contribution is -2.06. The van der Waals surface area contributed by atoms with E-state index in [-0.39, 0.29) is 44.1 Å². The smallest absolute Gasteiger partial charge is 0.241 e. The lowest BCUT2D eigenvalue weighted by Gasteiger charge is -2.13. The summed E-state index contributed by atoms with van der Waals surface area (Å²) < 4.78 is 28.9. The van der Waals surface area contributed by atoms with Crippen LogP contribution in [0.1, 0.15) is 44.5 Å². The monoisotopic (exact) mass is 570 g/mol. The zero-order valence-electron chi connectivity index (χ0n) is 21.0. The fraction of sp³-hybridized carbons (Fsp3) is 0. The zero-order valence-corrected chi connectivity index (χ0v) is 21.0. The van der Waals surface area contributed by atoms with Crippen molar-refractivity contribution in [3.63, 3.8) is 0 Å². The van der Waals surface area contributed by atoms with E-state index in [4.69, 9.17) is 0 Å². The van der Waals surface area contributed by atoms with Crippen molar-refractivity contribution in [1.29, 1.82) is 42.1 Å². The fourth-order valence-corrected chi connectivity index (χ4v) is 4.81. The average Bonchev–Trinajstić information content (AvgIpc) is 3.05. The van der Waals surface area contributed by atoms with Gasteiger partial charge in [0, 0.05) is 0 Å². The second-order valence-corrected chi connectivity index (χ2v) is 8.63. The molecule has 0 N–H and O–H groups in total. The van der Waals surface area contributed by atoms with Crippen LogP contribution in [-0.4, -0.2) is 29.9 Å². The van der Waals surface area contributed by atoms with Gasteiger partial charge in [0.2, 0.25) is 0 Å². The van der Waals surface area contributed by atoms with Gasteiger partial charge in [0.25, 0.3) is 11.9 Å². The molecule has 3 heterocycles. The molecule has 16 heteroatoms. The molecular formula is C28F2N14. The third-order valence-corrected chi connectivity index (χ3v) is 6.62. The number of benzene rings is 3. The number of hydrogen-bond donors (Lipinski definition) is 0. The van der Waals surface area contributed by atoms with E-state index < -0.39 is 67.4 Å². The van der Waals surface area contributed by atoms with E-state index in [1.165, 1.54) is 0 Å². The fourth-order valence-electron chi connectivity index (χ4n) is 4.81. The van der Waals surface area contributed by atoms with Gasteiger partial charge in [-0.25, -0.2) is 29.9 Å². The highest BCUT2D eigenvalue weighted by molar-refractivity contribution is 6.20. The molecule has 0 bridgehead atoms. The number of aromatic nitrogens is 6. The van der Waals surface area contributed by atoms with Gasteiger partial charge in [-0.2, -0.15) is 50.9 Å². The molecule has 14 nitrogen and oxygen atoms in total. The van der Waals surface area contributed by atoms with Crippen molar-refractivity contribution < 1.29 is 8.78 Å². The van der Waals surface area contributed by atoms with Crippen LogP contribution in [-0.2, 0) is 0 Å². The van der Waals surface area contributed by atoms with E-state index in [0.717, 1.165) is 0 Å². The van der Waals surface area contributed by atoms with Crippen LogP contribution in [0.3, 0.4) is 0 Å². The van der Waals surface area contributed by atoms with Gasteiger partial charge in [-0.3, -0.25) is 0 Å². The molecule has 0 aliphatic heterocycles. The number of hydrogen-bond acceptors (Lipinski definition) is 14. The summed E-state index contributed by atoms with van der Waals surface area (Å²) in [5.74, 6) is -3.31. The molecule has 0 aliphatic carbocycles. The Bertz CT molecular complexity index is 2590. The van der Waals surface area contributed by atoms with Gasteiger partial charge >= 0.3 is 0 Å². The first-order valence-electron chi connectivity index (χ1n) is 11.6. The first kappa shape index (κ1) is 26.2. The van der Waals surface area contributed by atoms with E-state index in [1.807, 2.05) is 0 Å². The topological polar surface area (TPSA) is 268 Å². The highest BCUT2D eigenvalue weighted by Gasteiger charge is 2.28. The molecule has 196 valence electrons. The summed E-state index contributed by atoms with van der Waals surface area (Å²) in [7, 11) is 0. The van der Waals surface area contributed by atoms with Gasteiger partial charge in [0.1, 0.15) is 104 Å². The Labute approximate surface area is 241 Å². The SMILES string of the molecule is N#Cc1c(C#N)c(C#N)c2nc3c(nc2c1C#N)c1nc(F)c(F)nc1c1nc2c(C#N)c(C#N)c(C#N)c(C#N)c2nc13. The third-order valence-electron chi connectivity index (χ3n) is 6.62. The predicted molar refractivity (Wildman–Crippen MR) is 138 cm³/mol. The maximum Gasteiger partial charge on any atom is 0.269 e. The molecule has 0 unspecified atom stereocenters. The van der Waals surface area contributed by atoms with Gasteiger partial charge in [0.05, 0.1) is 44.5 Å². The van der Waals surface area contributed by atoms with Crippen molar-refractivity contribution in [2.45, 2.75) is 0 Å². The lowest BCUT2D eigenvalue weighted by atomic mass is 9.95. The van der Waals surface area contributed by atoms with Crippen LogP contribution in [0.5, 0.6) is 0 Å². The van der Waals surface area contributed by atoms with Crippen LogP contribution in [0.15, 0.2) is 0 Å². The average molecular weight is 570 g/mol. The Balaban J connectivity index is 2.03. The minimum absolute atomic E-state index is 0.297. The summed E-state index contributed by atoms with van der Waals surface area (Å²) >= 11 is 0.